The highest BCUT2D eigenvalue weighted by molar-refractivity contribution is 5.17. The molecule has 60 valence electrons. The first-order chi connectivity index (χ1) is 5.17. The molecule has 0 bridgehead atoms. The van der Waals surface area contributed by atoms with Crippen molar-refractivity contribution in [2.45, 2.75) is 6.11 Å². The minimum atomic E-state index is -3.17. The topological polar surface area (TPSA) is 9.23 Å². The molecule has 1 aromatic carbocycles. The average Bonchev–Trinajstić information content (AvgIpc) is 2.06. The van der Waals surface area contributed by atoms with E-state index in [1.165, 1.54) is 12.1 Å². The van der Waals surface area contributed by atoms with E-state index in [0.717, 1.165) is 7.11 Å². The second kappa shape index (κ2) is 2.96. The second-order valence-corrected chi connectivity index (χ2v) is 2.09. The van der Waals surface area contributed by atoms with Gasteiger partial charge >= 0.3 is 6.11 Å². The maximum atomic E-state index is 12.7. The van der Waals surface area contributed by atoms with Crippen molar-refractivity contribution in [3.8, 4) is 0 Å². The Bertz CT molecular complexity index is 221. The smallest absolute Gasteiger partial charge is 0.320 e. The van der Waals surface area contributed by atoms with Crippen LogP contribution in [0.4, 0.5) is 8.78 Å². The molecule has 3 heteroatoms. The van der Waals surface area contributed by atoms with Crippen molar-refractivity contribution < 1.29 is 13.5 Å². The molecule has 0 saturated heterocycles. The number of benzene rings is 1. The number of halogens is 2. The zero-order valence-corrected chi connectivity index (χ0v) is 6.05. The van der Waals surface area contributed by atoms with E-state index in [1.54, 1.807) is 18.2 Å². The fourth-order valence-electron chi connectivity index (χ4n) is 0.750. The van der Waals surface area contributed by atoms with Crippen LogP contribution in [0.2, 0.25) is 0 Å². The lowest BCUT2D eigenvalue weighted by atomic mass is 10.2. The lowest BCUT2D eigenvalue weighted by Gasteiger charge is -2.12. The van der Waals surface area contributed by atoms with E-state index in [2.05, 4.69) is 4.74 Å². The van der Waals surface area contributed by atoms with E-state index in [9.17, 15) is 8.78 Å². The highest BCUT2D eigenvalue weighted by Crippen LogP contribution is 2.27. The van der Waals surface area contributed by atoms with Gasteiger partial charge in [-0.1, -0.05) is 30.3 Å². The summed E-state index contributed by atoms with van der Waals surface area (Å²) in [5.74, 6) is 0. The van der Waals surface area contributed by atoms with Crippen molar-refractivity contribution >= 4 is 0 Å². The Balaban J connectivity index is 2.93. The summed E-state index contributed by atoms with van der Waals surface area (Å²) >= 11 is 0. The van der Waals surface area contributed by atoms with Crippen LogP contribution in [0.15, 0.2) is 30.3 Å². The number of methoxy groups -OCH3 is 1. The molecule has 0 saturated carbocycles. The van der Waals surface area contributed by atoms with E-state index in [1.807, 2.05) is 0 Å². The number of hydrogen-bond donors (Lipinski definition) is 0. The molecule has 1 rings (SSSR count). The van der Waals surface area contributed by atoms with Crippen LogP contribution in [-0.4, -0.2) is 7.11 Å². The summed E-state index contributed by atoms with van der Waals surface area (Å²) in [5.41, 5.74) is -0.123. The summed E-state index contributed by atoms with van der Waals surface area (Å²) < 4.78 is 29.3. The largest absolute Gasteiger partial charge is 0.383 e. The van der Waals surface area contributed by atoms with E-state index >= 15 is 0 Å². The molecule has 0 N–H and O–H groups in total. The van der Waals surface area contributed by atoms with Crippen molar-refractivity contribution in [2.24, 2.45) is 0 Å². The van der Waals surface area contributed by atoms with Gasteiger partial charge in [0.05, 0.1) is 5.56 Å². The molecule has 1 aromatic rings. The standard InChI is InChI=1S/C8H8F2O/c1-11-8(9,10)7-5-3-2-4-6-7/h2-6H,1H3. The maximum Gasteiger partial charge on any atom is 0.383 e. The van der Waals surface area contributed by atoms with Gasteiger partial charge < -0.3 is 4.74 Å². The molecule has 0 amide bonds. The zero-order valence-electron chi connectivity index (χ0n) is 6.05. The molecule has 0 heterocycles. The van der Waals surface area contributed by atoms with Crippen molar-refractivity contribution in [1.29, 1.82) is 0 Å². The molecule has 0 aliphatic carbocycles. The van der Waals surface area contributed by atoms with Crippen molar-refractivity contribution in [1.82, 2.24) is 0 Å². The molecular formula is C8H8F2O. The fraction of sp³-hybridized carbons (Fsp3) is 0.250. The molecule has 11 heavy (non-hydrogen) atoms. The Morgan fingerprint density at radius 1 is 1.18 bits per heavy atom. The molecule has 0 atom stereocenters. The number of rotatable bonds is 2. The first-order valence-electron chi connectivity index (χ1n) is 3.15. The van der Waals surface area contributed by atoms with Crippen LogP contribution >= 0.6 is 0 Å². The van der Waals surface area contributed by atoms with Crippen LogP contribution in [-0.2, 0) is 10.8 Å². The fourth-order valence-corrected chi connectivity index (χ4v) is 0.750. The molecule has 0 aliphatic heterocycles. The first-order valence-corrected chi connectivity index (χ1v) is 3.15. The van der Waals surface area contributed by atoms with E-state index in [4.69, 9.17) is 0 Å². The van der Waals surface area contributed by atoms with Gasteiger partial charge in [-0.15, -0.1) is 0 Å². The Morgan fingerprint density at radius 2 is 1.73 bits per heavy atom. The Labute approximate surface area is 63.6 Å². The predicted octanol–water partition coefficient (Wildman–Crippen LogP) is 2.38. The molecule has 1 nitrogen and oxygen atoms in total. The van der Waals surface area contributed by atoms with E-state index in [-0.39, 0.29) is 5.56 Å². The van der Waals surface area contributed by atoms with Gasteiger partial charge in [-0.3, -0.25) is 0 Å². The molecule has 0 aromatic heterocycles. The highest BCUT2D eigenvalue weighted by Gasteiger charge is 2.30. The van der Waals surface area contributed by atoms with Gasteiger partial charge in [0.1, 0.15) is 0 Å². The van der Waals surface area contributed by atoms with Crippen molar-refractivity contribution in [3.05, 3.63) is 35.9 Å². The third kappa shape index (κ3) is 1.74. The number of ether oxygens (including phenoxy) is 1. The lowest BCUT2D eigenvalue weighted by Crippen LogP contribution is -2.14. The van der Waals surface area contributed by atoms with Gasteiger partial charge in [-0.05, 0) is 0 Å². The summed E-state index contributed by atoms with van der Waals surface area (Å²) in [6, 6.07) is 7.41. The SMILES string of the molecule is COC(F)(F)c1ccccc1. The predicted molar refractivity (Wildman–Crippen MR) is 37.3 cm³/mol. The number of alkyl halides is 2. The van der Waals surface area contributed by atoms with Gasteiger partial charge in [-0.2, -0.15) is 8.78 Å². The average molecular weight is 158 g/mol. The Kier molecular flexibility index (Phi) is 2.19. The number of hydrogen-bond acceptors (Lipinski definition) is 1. The third-order valence-corrected chi connectivity index (χ3v) is 1.37. The third-order valence-electron chi connectivity index (χ3n) is 1.37. The summed E-state index contributed by atoms with van der Waals surface area (Å²) in [6.07, 6.45) is -3.17. The molecule has 0 fully saturated rings. The van der Waals surface area contributed by atoms with Gasteiger partial charge in [0.25, 0.3) is 0 Å². The first kappa shape index (κ1) is 8.14. The molecular weight excluding hydrogens is 150 g/mol. The molecule has 0 radical (unpaired) electrons. The Hall–Kier alpha value is -0.960. The van der Waals surface area contributed by atoms with E-state index < -0.39 is 6.11 Å². The van der Waals surface area contributed by atoms with Crippen molar-refractivity contribution in [3.63, 3.8) is 0 Å². The minimum absolute atomic E-state index is 0.123. The molecule has 0 unspecified atom stereocenters. The zero-order chi connectivity index (χ0) is 8.32. The second-order valence-electron chi connectivity index (χ2n) is 2.09. The van der Waals surface area contributed by atoms with Crippen molar-refractivity contribution in [2.75, 3.05) is 7.11 Å². The normalized spacial score (nSPS) is 11.5. The summed E-state index contributed by atoms with van der Waals surface area (Å²) in [5, 5.41) is 0. The van der Waals surface area contributed by atoms with Crippen LogP contribution in [0.3, 0.4) is 0 Å². The maximum absolute atomic E-state index is 12.7. The Morgan fingerprint density at radius 3 is 2.18 bits per heavy atom. The summed E-state index contributed by atoms with van der Waals surface area (Å²) in [4.78, 5) is 0. The van der Waals surface area contributed by atoms with Crippen LogP contribution in [0, 0.1) is 0 Å². The lowest BCUT2D eigenvalue weighted by molar-refractivity contribution is -0.231. The van der Waals surface area contributed by atoms with Gasteiger partial charge in [0, 0.05) is 7.11 Å². The monoisotopic (exact) mass is 158 g/mol. The van der Waals surface area contributed by atoms with Crippen LogP contribution in [0.25, 0.3) is 0 Å². The minimum Gasteiger partial charge on any atom is -0.320 e. The van der Waals surface area contributed by atoms with Crippen LogP contribution in [0.5, 0.6) is 0 Å². The van der Waals surface area contributed by atoms with Crippen LogP contribution in [0.1, 0.15) is 5.56 Å². The molecule has 0 aliphatic rings. The summed E-state index contributed by atoms with van der Waals surface area (Å²) in [6.45, 7) is 0. The van der Waals surface area contributed by atoms with Gasteiger partial charge in [0.15, 0.2) is 0 Å². The summed E-state index contributed by atoms with van der Waals surface area (Å²) in [7, 11) is 0.979. The van der Waals surface area contributed by atoms with Crippen LogP contribution < -0.4 is 0 Å². The molecule has 0 spiro atoms. The highest BCUT2D eigenvalue weighted by atomic mass is 19.3. The van der Waals surface area contributed by atoms with Gasteiger partial charge in [0.2, 0.25) is 0 Å². The van der Waals surface area contributed by atoms with Gasteiger partial charge in [-0.25, -0.2) is 0 Å². The quantitative estimate of drug-likeness (QED) is 0.642. The van der Waals surface area contributed by atoms with E-state index in [0.29, 0.717) is 0 Å².